The van der Waals surface area contributed by atoms with Gasteiger partial charge in [0.1, 0.15) is 5.60 Å². The quantitative estimate of drug-likeness (QED) is 0.716. The SMILES string of the molecule is CC(C)(C)OC(N)=O.CCCBr. The fraction of sp³-hybridized carbons (Fsp3) is 0.875. The lowest BCUT2D eigenvalue weighted by Gasteiger charge is -2.16. The number of carbonyl (C=O) groups excluding carboxylic acids is 1. The molecule has 74 valence electrons. The number of hydrogen-bond donors (Lipinski definition) is 1. The molecule has 0 aliphatic carbocycles. The van der Waals surface area contributed by atoms with Crippen molar-refractivity contribution < 1.29 is 9.53 Å². The topological polar surface area (TPSA) is 52.3 Å². The maximum absolute atomic E-state index is 10.0. The van der Waals surface area contributed by atoms with Crippen LogP contribution in [0.15, 0.2) is 0 Å². The molecule has 0 aromatic heterocycles. The summed E-state index contributed by atoms with van der Waals surface area (Å²) < 4.78 is 4.58. The molecule has 0 unspecified atom stereocenters. The normalized spacial score (nSPS) is 9.75. The van der Waals surface area contributed by atoms with Gasteiger partial charge in [-0.25, -0.2) is 4.79 Å². The van der Waals surface area contributed by atoms with Crippen LogP contribution in [0.25, 0.3) is 0 Å². The van der Waals surface area contributed by atoms with Crippen molar-refractivity contribution in [1.82, 2.24) is 0 Å². The van der Waals surface area contributed by atoms with Crippen LogP contribution in [-0.4, -0.2) is 17.0 Å². The van der Waals surface area contributed by atoms with Gasteiger partial charge in [0.2, 0.25) is 0 Å². The highest BCUT2D eigenvalue weighted by atomic mass is 79.9. The first-order chi connectivity index (χ1) is 5.33. The minimum Gasteiger partial charge on any atom is -0.444 e. The highest BCUT2D eigenvalue weighted by Gasteiger charge is 2.12. The Morgan fingerprint density at radius 3 is 1.83 bits per heavy atom. The molecule has 0 rings (SSSR count). The van der Waals surface area contributed by atoms with Gasteiger partial charge in [-0.3, -0.25) is 0 Å². The second-order valence-corrected chi connectivity index (χ2v) is 4.02. The van der Waals surface area contributed by atoms with Crippen LogP contribution >= 0.6 is 15.9 Å². The van der Waals surface area contributed by atoms with E-state index >= 15 is 0 Å². The molecule has 0 radical (unpaired) electrons. The minimum absolute atomic E-state index is 0.453. The van der Waals surface area contributed by atoms with Gasteiger partial charge < -0.3 is 10.5 Å². The van der Waals surface area contributed by atoms with E-state index in [1.54, 1.807) is 20.8 Å². The van der Waals surface area contributed by atoms with Gasteiger partial charge in [0, 0.05) is 5.33 Å². The van der Waals surface area contributed by atoms with Gasteiger partial charge in [0.25, 0.3) is 0 Å². The zero-order valence-corrected chi connectivity index (χ0v) is 9.77. The Hall–Kier alpha value is -0.250. The summed E-state index contributed by atoms with van der Waals surface area (Å²) in [5.74, 6) is 0. The number of halogens is 1. The van der Waals surface area contributed by atoms with Crippen molar-refractivity contribution in [2.24, 2.45) is 5.73 Å². The second-order valence-electron chi connectivity index (χ2n) is 3.22. The van der Waals surface area contributed by atoms with Crippen molar-refractivity contribution in [3.8, 4) is 0 Å². The van der Waals surface area contributed by atoms with E-state index in [0.717, 1.165) is 5.33 Å². The van der Waals surface area contributed by atoms with Crippen LogP contribution in [0.4, 0.5) is 4.79 Å². The van der Waals surface area contributed by atoms with E-state index in [1.165, 1.54) is 6.42 Å². The lowest BCUT2D eigenvalue weighted by Crippen LogP contribution is -2.27. The Bertz CT molecular complexity index is 119. The summed E-state index contributed by atoms with van der Waals surface area (Å²) in [5.41, 5.74) is 4.26. The van der Waals surface area contributed by atoms with Crippen molar-refractivity contribution in [1.29, 1.82) is 0 Å². The first kappa shape index (κ1) is 14.3. The Balaban J connectivity index is 0. The molecular formula is C8H18BrNO2. The van der Waals surface area contributed by atoms with E-state index in [4.69, 9.17) is 5.73 Å². The highest BCUT2D eigenvalue weighted by molar-refractivity contribution is 9.09. The molecule has 2 N–H and O–H groups in total. The largest absolute Gasteiger partial charge is 0.444 e. The van der Waals surface area contributed by atoms with Gasteiger partial charge in [0.05, 0.1) is 0 Å². The second kappa shape index (κ2) is 7.40. The van der Waals surface area contributed by atoms with Gasteiger partial charge in [-0.05, 0) is 27.2 Å². The van der Waals surface area contributed by atoms with Gasteiger partial charge in [-0.15, -0.1) is 0 Å². The maximum Gasteiger partial charge on any atom is 0.405 e. The molecule has 1 amide bonds. The van der Waals surface area contributed by atoms with Crippen LogP contribution in [-0.2, 0) is 4.74 Å². The average molecular weight is 240 g/mol. The molecule has 12 heavy (non-hydrogen) atoms. The molecule has 3 nitrogen and oxygen atoms in total. The van der Waals surface area contributed by atoms with Crippen molar-refractivity contribution in [2.75, 3.05) is 5.33 Å². The van der Waals surface area contributed by atoms with E-state index in [-0.39, 0.29) is 0 Å². The van der Waals surface area contributed by atoms with E-state index in [1.807, 2.05) is 0 Å². The van der Waals surface area contributed by atoms with Gasteiger partial charge >= 0.3 is 6.09 Å². The molecule has 0 atom stereocenters. The molecular weight excluding hydrogens is 222 g/mol. The molecule has 4 heteroatoms. The predicted molar refractivity (Wildman–Crippen MR) is 54.5 cm³/mol. The zero-order valence-electron chi connectivity index (χ0n) is 8.19. The third kappa shape index (κ3) is 22.6. The Kier molecular flexibility index (Phi) is 8.81. The van der Waals surface area contributed by atoms with Gasteiger partial charge in [-0.1, -0.05) is 22.9 Å². The Morgan fingerprint density at radius 1 is 1.50 bits per heavy atom. The predicted octanol–water partition coefficient (Wildman–Crippen LogP) is 2.67. The summed E-state index contributed by atoms with van der Waals surface area (Å²) in [5, 5.41) is 1.13. The summed E-state index contributed by atoms with van der Waals surface area (Å²) in [6.45, 7) is 7.42. The van der Waals surface area contributed by atoms with Crippen molar-refractivity contribution in [2.45, 2.75) is 39.7 Å². The average Bonchev–Trinajstić information content (AvgIpc) is 1.83. The number of amides is 1. The van der Waals surface area contributed by atoms with Crippen LogP contribution < -0.4 is 5.73 Å². The summed E-state index contributed by atoms with van der Waals surface area (Å²) in [4.78, 5) is 10.0. The smallest absolute Gasteiger partial charge is 0.405 e. The van der Waals surface area contributed by atoms with Crippen molar-refractivity contribution >= 4 is 22.0 Å². The summed E-state index contributed by atoms with van der Waals surface area (Å²) in [7, 11) is 0. The van der Waals surface area contributed by atoms with Crippen LogP contribution in [0.5, 0.6) is 0 Å². The first-order valence-electron chi connectivity index (χ1n) is 3.88. The van der Waals surface area contributed by atoms with E-state index in [9.17, 15) is 4.79 Å². The fourth-order valence-electron chi connectivity index (χ4n) is 0.302. The van der Waals surface area contributed by atoms with Gasteiger partial charge in [0.15, 0.2) is 0 Å². The van der Waals surface area contributed by atoms with Crippen molar-refractivity contribution in [3.05, 3.63) is 0 Å². The fourth-order valence-corrected chi connectivity index (χ4v) is 0.302. The number of hydrogen-bond acceptors (Lipinski definition) is 2. The third-order valence-corrected chi connectivity index (χ3v) is 1.39. The third-order valence-electron chi connectivity index (χ3n) is 0.596. The summed E-state index contributed by atoms with van der Waals surface area (Å²) >= 11 is 3.25. The van der Waals surface area contributed by atoms with Crippen LogP contribution in [0.3, 0.4) is 0 Å². The van der Waals surface area contributed by atoms with E-state index in [0.29, 0.717) is 0 Å². The Labute approximate surface area is 82.8 Å². The number of carbonyl (C=O) groups is 1. The van der Waals surface area contributed by atoms with E-state index < -0.39 is 11.7 Å². The number of primary amides is 1. The van der Waals surface area contributed by atoms with E-state index in [2.05, 4.69) is 27.6 Å². The molecule has 0 aromatic rings. The summed E-state index contributed by atoms with van der Waals surface area (Å²) in [6, 6.07) is 0. The number of rotatable bonds is 1. The standard InChI is InChI=1S/C5H11NO2.C3H7Br/c1-5(2,3)8-4(6)7;1-2-3-4/h1-3H3,(H2,6,7);2-3H2,1H3. The monoisotopic (exact) mass is 239 g/mol. The number of nitrogens with two attached hydrogens (primary N) is 1. The first-order valence-corrected chi connectivity index (χ1v) is 5.00. The summed E-state index contributed by atoms with van der Waals surface area (Å²) in [6.07, 6.45) is 0.512. The zero-order chi connectivity index (χ0) is 10.2. The lowest BCUT2D eigenvalue weighted by molar-refractivity contribution is 0.0600. The molecule has 0 fully saturated rings. The van der Waals surface area contributed by atoms with Gasteiger partial charge in [-0.2, -0.15) is 0 Å². The molecule has 0 heterocycles. The molecule has 0 saturated carbocycles. The molecule has 0 aliphatic heterocycles. The highest BCUT2D eigenvalue weighted by Crippen LogP contribution is 2.04. The molecule has 0 aromatic carbocycles. The lowest BCUT2D eigenvalue weighted by atomic mass is 10.2. The van der Waals surface area contributed by atoms with Crippen LogP contribution in [0.2, 0.25) is 0 Å². The molecule has 0 aliphatic rings. The number of alkyl halides is 1. The van der Waals surface area contributed by atoms with Crippen molar-refractivity contribution in [3.63, 3.8) is 0 Å². The van der Waals surface area contributed by atoms with Crippen LogP contribution in [0, 0.1) is 0 Å². The molecule has 0 saturated heterocycles. The molecule has 0 spiro atoms. The van der Waals surface area contributed by atoms with Crippen LogP contribution in [0.1, 0.15) is 34.1 Å². The Morgan fingerprint density at radius 2 is 1.83 bits per heavy atom. The minimum atomic E-state index is -0.725. The number of ether oxygens (including phenoxy) is 1. The maximum atomic E-state index is 10.0. The molecule has 0 bridgehead atoms.